The van der Waals surface area contributed by atoms with E-state index in [0.717, 1.165) is 0 Å². The molecular formula is C16H26ClN3O5S. The van der Waals surface area contributed by atoms with Crippen LogP contribution in [0.1, 0.15) is 12.8 Å². The van der Waals surface area contributed by atoms with E-state index in [-0.39, 0.29) is 35.8 Å². The molecule has 0 aliphatic carbocycles. The molecule has 1 aromatic rings. The van der Waals surface area contributed by atoms with E-state index in [2.05, 4.69) is 10.6 Å². The van der Waals surface area contributed by atoms with Crippen molar-refractivity contribution in [2.45, 2.75) is 23.8 Å². The average molecular weight is 408 g/mol. The van der Waals surface area contributed by atoms with E-state index >= 15 is 0 Å². The van der Waals surface area contributed by atoms with Crippen LogP contribution in [0.5, 0.6) is 11.5 Å². The molecule has 1 aliphatic rings. The van der Waals surface area contributed by atoms with Gasteiger partial charge in [0.05, 0.1) is 25.7 Å². The molecule has 1 amide bonds. The van der Waals surface area contributed by atoms with Gasteiger partial charge < -0.3 is 20.1 Å². The Bertz CT molecular complexity index is 706. The van der Waals surface area contributed by atoms with Gasteiger partial charge in [0, 0.05) is 25.2 Å². The fraction of sp³-hybridized carbons (Fsp3) is 0.562. The van der Waals surface area contributed by atoms with Crippen LogP contribution in [-0.2, 0) is 14.8 Å². The fourth-order valence-electron chi connectivity index (χ4n) is 2.81. The van der Waals surface area contributed by atoms with Crippen LogP contribution in [0.4, 0.5) is 0 Å². The van der Waals surface area contributed by atoms with Crippen molar-refractivity contribution in [3.05, 3.63) is 18.2 Å². The zero-order chi connectivity index (χ0) is 18.4. The number of carbonyl (C=O) groups excluding carboxylic acids is 1. The molecule has 148 valence electrons. The number of ether oxygens (including phenoxy) is 2. The number of benzene rings is 1. The standard InChI is InChI=1S/C16H25N3O5S.ClH/c1-17-11-16(20)18-12-6-8-19(9-7-12)25(21,22)13-4-5-14(23-2)15(10-13)24-3;/h4-5,10,12,17H,6-9,11H2,1-3H3,(H,18,20);1H. The van der Waals surface area contributed by atoms with Gasteiger partial charge in [-0.1, -0.05) is 0 Å². The highest BCUT2D eigenvalue weighted by Crippen LogP contribution is 2.31. The van der Waals surface area contributed by atoms with E-state index in [4.69, 9.17) is 9.47 Å². The van der Waals surface area contributed by atoms with Gasteiger partial charge in [0.2, 0.25) is 15.9 Å². The normalized spacial score (nSPS) is 15.8. The molecule has 26 heavy (non-hydrogen) atoms. The topological polar surface area (TPSA) is 97.0 Å². The zero-order valence-corrected chi connectivity index (χ0v) is 16.8. The third kappa shape index (κ3) is 5.23. The predicted octanol–water partition coefficient (Wildman–Crippen LogP) is 0.614. The summed E-state index contributed by atoms with van der Waals surface area (Å²) in [6.45, 7) is 0.979. The lowest BCUT2D eigenvalue weighted by atomic mass is 10.1. The maximum Gasteiger partial charge on any atom is 0.243 e. The number of halogens is 1. The molecule has 0 atom stereocenters. The number of rotatable bonds is 7. The summed E-state index contributed by atoms with van der Waals surface area (Å²) in [6, 6.07) is 4.56. The van der Waals surface area contributed by atoms with Crippen molar-refractivity contribution in [1.82, 2.24) is 14.9 Å². The van der Waals surface area contributed by atoms with Crippen LogP contribution in [-0.4, -0.2) is 65.6 Å². The maximum absolute atomic E-state index is 12.8. The predicted molar refractivity (Wildman–Crippen MR) is 101 cm³/mol. The van der Waals surface area contributed by atoms with Crippen LogP contribution in [0.25, 0.3) is 0 Å². The van der Waals surface area contributed by atoms with Crippen molar-refractivity contribution in [2.75, 3.05) is 40.9 Å². The number of sulfonamides is 1. The van der Waals surface area contributed by atoms with Crippen LogP contribution in [0, 0.1) is 0 Å². The second kappa shape index (κ2) is 9.96. The minimum Gasteiger partial charge on any atom is -0.493 e. The summed E-state index contributed by atoms with van der Waals surface area (Å²) in [5, 5.41) is 5.70. The summed E-state index contributed by atoms with van der Waals surface area (Å²) in [6.07, 6.45) is 1.17. The highest BCUT2D eigenvalue weighted by Gasteiger charge is 2.30. The number of hydrogen-bond acceptors (Lipinski definition) is 6. The molecular weight excluding hydrogens is 382 g/mol. The molecule has 1 heterocycles. The first kappa shape index (κ1) is 22.5. The minimum atomic E-state index is -3.61. The number of hydrogen-bond donors (Lipinski definition) is 2. The van der Waals surface area contributed by atoms with Gasteiger partial charge in [0.25, 0.3) is 0 Å². The van der Waals surface area contributed by atoms with Gasteiger partial charge in [0.15, 0.2) is 11.5 Å². The van der Waals surface area contributed by atoms with Crippen LogP contribution in [0.2, 0.25) is 0 Å². The van der Waals surface area contributed by atoms with Gasteiger partial charge in [-0.2, -0.15) is 4.31 Å². The molecule has 1 fully saturated rings. The Morgan fingerprint density at radius 2 is 1.81 bits per heavy atom. The second-order valence-electron chi connectivity index (χ2n) is 5.79. The molecule has 0 saturated carbocycles. The summed E-state index contributed by atoms with van der Waals surface area (Å²) in [7, 11) is 1.06. The molecule has 2 rings (SSSR count). The SMILES string of the molecule is CNCC(=O)NC1CCN(S(=O)(=O)c2ccc(OC)c(OC)c2)CC1.Cl. The number of methoxy groups -OCH3 is 2. The van der Waals surface area contributed by atoms with Gasteiger partial charge >= 0.3 is 0 Å². The minimum absolute atomic E-state index is 0. The molecule has 0 aromatic heterocycles. The first-order valence-electron chi connectivity index (χ1n) is 8.08. The van der Waals surface area contributed by atoms with Crippen molar-refractivity contribution in [1.29, 1.82) is 0 Å². The van der Waals surface area contributed by atoms with Gasteiger partial charge in [-0.25, -0.2) is 8.42 Å². The van der Waals surface area contributed by atoms with E-state index in [1.807, 2.05) is 0 Å². The zero-order valence-electron chi connectivity index (χ0n) is 15.1. The second-order valence-corrected chi connectivity index (χ2v) is 7.73. The Morgan fingerprint density at radius 1 is 1.19 bits per heavy atom. The summed E-state index contributed by atoms with van der Waals surface area (Å²) in [5.41, 5.74) is 0. The van der Waals surface area contributed by atoms with E-state index in [1.54, 1.807) is 13.1 Å². The molecule has 0 bridgehead atoms. The van der Waals surface area contributed by atoms with E-state index in [0.29, 0.717) is 37.4 Å². The molecule has 1 aliphatic heterocycles. The summed E-state index contributed by atoms with van der Waals surface area (Å²) < 4.78 is 37.4. The van der Waals surface area contributed by atoms with Gasteiger partial charge in [-0.15, -0.1) is 12.4 Å². The number of likely N-dealkylation sites (N-methyl/N-ethyl adjacent to an activating group) is 1. The third-order valence-electron chi connectivity index (χ3n) is 4.15. The highest BCUT2D eigenvalue weighted by molar-refractivity contribution is 7.89. The lowest BCUT2D eigenvalue weighted by Gasteiger charge is -2.31. The number of carbonyl (C=O) groups is 1. The third-order valence-corrected chi connectivity index (χ3v) is 6.04. The monoisotopic (exact) mass is 407 g/mol. The average Bonchev–Trinajstić information content (AvgIpc) is 2.61. The molecule has 10 heteroatoms. The molecule has 1 aromatic carbocycles. The van der Waals surface area contributed by atoms with Crippen molar-refractivity contribution < 1.29 is 22.7 Å². The lowest BCUT2D eigenvalue weighted by Crippen LogP contribution is -2.48. The van der Waals surface area contributed by atoms with Crippen LogP contribution in [0.15, 0.2) is 23.1 Å². The molecule has 8 nitrogen and oxygen atoms in total. The van der Waals surface area contributed by atoms with Crippen LogP contribution >= 0.6 is 12.4 Å². The molecule has 2 N–H and O–H groups in total. The first-order valence-corrected chi connectivity index (χ1v) is 9.52. The lowest BCUT2D eigenvalue weighted by molar-refractivity contribution is -0.121. The maximum atomic E-state index is 12.8. The fourth-order valence-corrected chi connectivity index (χ4v) is 4.29. The Kier molecular flexibility index (Phi) is 8.61. The van der Waals surface area contributed by atoms with Crippen LogP contribution in [0.3, 0.4) is 0 Å². The molecule has 0 unspecified atom stereocenters. The number of nitrogens with zero attached hydrogens (tertiary/aromatic N) is 1. The van der Waals surface area contributed by atoms with Gasteiger partial charge in [0.1, 0.15) is 0 Å². The van der Waals surface area contributed by atoms with Crippen molar-refractivity contribution >= 4 is 28.3 Å². The summed E-state index contributed by atoms with van der Waals surface area (Å²) in [4.78, 5) is 11.8. The van der Waals surface area contributed by atoms with Crippen molar-refractivity contribution in [3.63, 3.8) is 0 Å². The number of nitrogens with one attached hydrogen (secondary N) is 2. The summed E-state index contributed by atoms with van der Waals surface area (Å²) >= 11 is 0. The Hall–Kier alpha value is -1.55. The number of amides is 1. The smallest absolute Gasteiger partial charge is 0.243 e. The Balaban J connectivity index is 0.00000338. The van der Waals surface area contributed by atoms with E-state index in [9.17, 15) is 13.2 Å². The Labute approximate surface area is 160 Å². The highest BCUT2D eigenvalue weighted by atomic mass is 35.5. The van der Waals surface area contributed by atoms with E-state index < -0.39 is 10.0 Å². The largest absolute Gasteiger partial charge is 0.493 e. The van der Waals surface area contributed by atoms with E-state index in [1.165, 1.54) is 30.7 Å². The number of piperidine rings is 1. The van der Waals surface area contributed by atoms with Crippen molar-refractivity contribution in [3.8, 4) is 11.5 Å². The van der Waals surface area contributed by atoms with Crippen molar-refractivity contribution in [2.24, 2.45) is 0 Å². The Morgan fingerprint density at radius 3 is 2.35 bits per heavy atom. The van der Waals surface area contributed by atoms with Gasteiger partial charge in [-0.3, -0.25) is 4.79 Å². The molecule has 0 radical (unpaired) electrons. The molecule has 0 spiro atoms. The molecule has 1 saturated heterocycles. The van der Waals surface area contributed by atoms with Crippen LogP contribution < -0.4 is 20.1 Å². The first-order chi connectivity index (χ1) is 11.9. The van der Waals surface area contributed by atoms with Gasteiger partial charge in [-0.05, 0) is 32.0 Å². The summed E-state index contributed by atoms with van der Waals surface area (Å²) in [5.74, 6) is 0.772. The quantitative estimate of drug-likeness (QED) is 0.687.